The summed E-state index contributed by atoms with van der Waals surface area (Å²) in [6.45, 7) is 0. The Hall–Kier alpha value is -1.95. The lowest BCUT2D eigenvalue weighted by atomic mass is 10.3. The first-order chi connectivity index (χ1) is 9.95. The van der Waals surface area contributed by atoms with Gasteiger partial charge in [-0.25, -0.2) is 0 Å². The van der Waals surface area contributed by atoms with Gasteiger partial charge in [0.2, 0.25) is 0 Å². The van der Waals surface area contributed by atoms with Crippen LogP contribution in [0, 0.1) is 0 Å². The zero-order valence-corrected chi connectivity index (χ0v) is 11.6. The lowest BCUT2D eigenvalue weighted by Gasteiger charge is -2.13. The Bertz CT molecular complexity index is 533. The summed E-state index contributed by atoms with van der Waals surface area (Å²) >= 11 is 0. The zero-order valence-electron chi connectivity index (χ0n) is 10.7. The first kappa shape index (κ1) is 15.4. The molecule has 21 heavy (non-hydrogen) atoms. The van der Waals surface area contributed by atoms with Crippen LogP contribution in [0.2, 0.25) is 0 Å². The fourth-order valence-electron chi connectivity index (χ4n) is 1.77. The molecule has 0 aliphatic carbocycles. The fraction of sp³-hybridized carbons (Fsp3) is 0. The Morgan fingerprint density at radius 3 is 1.14 bits per heavy atom. The first-order valence-electron chi connectivity index (χ1n) is 6.03. The molecular weight excluding hydrogens is 304 g/mol. The lowest BCUT2D eigenvalue weighted by molar-refractivity contribution is 0.368. The van der Waals surface area contributed by atoms with Crippen molar-refractivity contribution >= 4 is 31.5 Å². The summed E-state index contributed by atoms with van der Waals surface area (Å²) in [7, 11) is -6.50. The van der Waals surface area contributed by atoms with Crippen molar-refractivity contribution in [2.24, 2.45) is 0 Å². The van der Waals surface area contributed by atoms with Gasteiger partial charge in [-0.2, -0.15) is 0 Å². The highest BCUT2D eigenvalue weighted by Gasteiger charge is 2.20. The maximum atomic E-state index is 9.75. The largest absolute Gasteiger partial charge is 0.673 e. The predicted octanol–water partition coefficient (Wildman–Crippen LogP) is 2.73. The van der Waals surface area contributed by atoms with Gasteiger partial charge in [0.05, 0.1) is 16.3 Å². The van der Waals surface area contributed by atoms with Crippen molar-refractivity contribution in [2.45, 2.75) is 0 Å². The second-order valence-electron chi connectivity index (χ2n) is 4.00. The van der Waals surface area contributed by atoms with Crippen LogP contribution < -0.4 is 16.3 Å². The average Bonchev–Trinajstić information content (AvgIpc) is 3.11. The number of hydrogen-bond acceptors (Lipinski definition) is 0. The normalized spacial score (nSPS) is 11.3. The van der Waals surface area contributed by atoms with Gasteiger partial charge in [-0.1, -0.05) is 0 Å². The molecule has 0 radical (unpaired) electrons. The Morgan fingerprint density at radius 1 is 0.667 bits per heavy atom. The van der Waals surface area contributed by atoms with E-state index in [0.29, 0.717) is 0 Å². The molecular formula is C12H12BF4N3P-. The van der Waals surface area contributed by atoms with Crippen LogP contribution in [0.25, 0.3) is 0 Å². The second-order valence-corrected chi connectivity index (χ2v) is 6.11. The minimum Gasteiger partial charge on any atom is -0.418 e. The minimum atomic E-state index is -6.00. The molecule has 0 aliphatic rings. The van der Waals surface area contributed by atoms with Crippen LogP contribution >= 0.6 is 7.92 Å². The Kier molecular flexibility index (Phi) is 4.91. The third-order valence-electron chi connectivity index (χ3n) is 2.47. The monoisotopic (exact) mass is 316 g/mol. The molecule has 0 bridgehead atoms. The molecule has 3 N–H and O–H groups in total. The van der Waals surface area contributed by atoms with Crippen molar-refractivity contribution in [3.05, 3.63) is 55.0 Å². The molecule has 0 saturated heterocycles. The van der Waals surface area contributed by atoms with Gasteiger partial charge in [0.15, 0.2) is 0 Å². The first-order valence-corrected chi connectivity index (χ1v) is 7.37. The number of nitrogens with one attached hydrogen (secondary N) is 3. The number of aromatic nitrogens is 3. The molecule has 0 spiro atoms. The number of aromatic amines is 3. The van der Waals surface area contributed by atoms with Gasteiger partial charge in [0.1, 0.15) is 0 Å². The summed E-state index contributed by atoms with van der Waals surface area (Å²) in [5.41, 5.74) is 3.75. The van der Waals surface area contributed by atoms with E-state index >= 15 is 0 Å². The molecule has 0 aliphatic heterocycles. The third-order valence-corrected chi connectivity index (χ3v) is 4.75. The lowest BCUT2D eigenvalue weighted by Crippen LogP contribution is -2.22. The van der Waals surface area contributed by atoms with E-state index in [4.69, 9.17) is 0 Å². The van der Waals surface area contributed by atoms with Crippen LogP contribution in [0.15, 0.2) is 55.0 Å². The maximum absolute atomic E-state index is 9.75. The number of H-pyrrole nitrogens is 3. The van der Waals surface area contributed by atoms with E-state index in [2.05, 4.69) is 33.2 Å². The van der Waals surface area contributed by atoms with Gasteiger partial charge < -0.3 is 32.2 Å². The molecule has 112 valence electrons. The van der Waals surface area contributed by atoms with Crippen LogP contribution in [0.4, 0.5) is 17.3 Å². The van der Waals surface area contributed by atoms with Gasteiger partial charge in [-0.15, -0.1) is 0 Å². The molecule has 3 aromatic heterocycles. The van der Waals surface area contributed by atoms with Crippen LogP contribution in [0.5, 0.6) is 0 Å². The quantitative estimate of drug-likeness (QED) is 0.378. The van der Waals surface area contributed by atoms with Crippen molar-refractivity contribution in [2.75, 3.05) is 0 Å². The fourth-order valence-corrected chi connectivity index (χ4v) is 3.86. The zero-order chi connectivity index (χ0) is 15.3. The smallest absolute Gasteiger partial charge is 0.418 e. The molecule has 9 heteroatoms. The molecule has 0 atom stereocenters. The van der Waals surface area contributed by atoms with Gasteiger partial charge in [-0.05, 0) is 36.4 Å². The van der Waals surface area contributed by atoms with Gasteiger partial charge in [0.25, 0.3) is 0 Å². The Labute approximate surface area is 119 Å². The highest BCUT2D eigenvalue weighted by Crippen LogP contribution is 2.29. The van der Waals surface area contributed by atoms with Gasteiger partial charge >= 0.3 is 7.25 Å². The van der Waals surface area contributed by atoms with E-state index in [0.717, 1.165) is 0 Å². The second kappa shape index (κ2) is 6.67. The van der Waals surface area contributed by atoms with Crippen LogP contribution in [-0.2, 0) is 0 Å². The van der Waals surface area contributed by atoms with E-state index in [-0.39, 0.29) is 0 Å². The van der Waals surface area contributed by atoms with Crippen molar-refractivity contribution < 1.29 is 17.3 Å². The standard InChI is InChI=1S/C12H12N3P.BF4/c1-4-10(13-7-1)16(11-5-2-8-14-11)12-6-3-9-15-12;2-1(3,4)5/h1-9,13-15H;/q;-1. The van der Waals surface area contributed by atoms with Crippen LogP contribution in [-0.4, -0.2) is 22.2 Å². The Balaban J connectivity index is 0.000000282. The molecule has 3 aromatic rings. The van der Waals surface area contributed by atoms with Gasteiger partial charge in [0, 0.05) is 26.5 Å². The molecule has 0 aromatic carbocycles. The van der Waals surface area contributed by atoms with E-state index in [1.54, 1.807) is 0 Å². The SMILES string of the molecule is F[B-](F)(F)F.c1c[nH]c(P(c2ccc[nH]2)c2ccc[nH]2)c1. The summed E-state index contributed by atoms with van der Waals surface area (Å²) in [4.78, 5) is 9.91. The average molecular weight is 316 g/mol. The summed E-state index contributed by atoms with van der Waals surface area (Å²) in [6, 6.07) is 12.5. The van der Waals surface area contributed by atoms with Crippen LogP contribution in [0.3, 0.4) is 0 Å². The predicted molar refractivity (Wildman–Crippen MR) is 78.4 cm³/mol. The number of rotatable bonds is 3. The van der Waals surface area contributed by atoms with Crippen molar-refractivity contribution in [1.29, 1.82) is 0 Å². The van der Waals surface area contributed by atoms with Gasteiger partial charge in [-0.3, -0.25) is 0 Å². The number of halogens is 4. The Morgan fingerprint density at radius 2 is 0.952 bits per heavy atom. The summed E-state index contributed by atoms with van der Waals surface area (Å²) in [5.74, 6) is 0. The molecule has 0 saturated carbocycles. The van der Waals surface area contributed by atoms with E-state index < -0.39 is 15.2 Å². The summed E-state index contributed by atoms with van der Waals surface area (Å²) in [5, 5.41) is 0. The van der Waals surface area contributed by atoms with E-state index in [1.165, 1.54) is 16.3 Å². The third kappa shape index (κ3) is 4.83. The molecule has 3 heterocycles. The van der Waals surface area contributed by atoms with Crippen molar-refractivity contribution in [3.8, 4) is 0 Å². The van der Waals surface area contributed by atoms with E-state index in [9.17, 15) is 17.3 Å². The highest BCUT2D eigenvalue weighted by atomic mass is 31.1. The highest BCUT2D eigenvalue weighted by molar-refractivity contribution is 7.79. The molecule has 0 unspecified atom stereocenters. The van der Waals surface area contributed by atoms with Crippen LogP contribution in [0.1, 0.15) is 0 Å². The van der Waals surface area contributed by atoms with Crippen molar-refractivity contribution in [1.82, 2.24) is 15.0 Å². The molecule has 3 rings (SSSR count). The minimum absolute atomic E-state index is 0.502. The maximum Gasteiger partial charge on any atom is 0.673 e. The molecule has 0 fully saturated rings. The molecule has 0 amide bonds. The summed E-state index contributed by atoms with van der Waals surface area (Å²) < 4.78 is 39.0. The molecule has 3 nitrogen and oxygen atoms in total. The topological polar surface area (TPSA) is 47.4 Å². The van der Waals surface area contributed by atoms with E-state index in [1.807, 2.05) is 36.8 Å². The van der Waals surface area contributed by atoms with Crippen molar-refractivity contribution in [3.63, 3.8) is 0 Å². The number of hydrogen-bond donors (Lipinski definition) is 3. The summed E-state index contributed by atoms with van der Waals surface area (Å²) in [6.07, 6.45) is 5.91.